The number of carbonyl (C=O) groups is 3. The van der Waals surface area contributed by atoms with Crippen molar-refractivity contribution < 1.29 is 27.2 Å². The molecule has 8 nitrogen and oxygen atoms in total. The lowest BCUT2D eigenvalue weighted by Crippen LogP contribution is -2.48. The summed E-state index contributed by atoms with van der Waals surface area (Å²) in [5.74, 6) is -1.97. The van der Waals surface area contributed by atoms with Gasteiger partial charge in [0.15, 0.2) is 0 Å². The van der Waals surface area contributed by atoms with Crippen molar-refractivity contribution in [2.45, 2.75) is 44.2 Å². The van der Waals surface area contributed by atoms with Crippen LogP contribution >= 0.6 is 0 Å². The highest BCUT2D eigenvalue weighted by atomic mass is 32.2. The number of hydrogen-bond acceptors (Lipinski definition) is 5. The molecular weight excluding hydrogens is 449 g/mol. The molecule has 1 N–H and O–H groups in total. The number of sulfonamides is 1. The van der Waals surface area contributed by atoms with E-state index >= 15 is 0 Å². The van der Waals surface area contributed by atoms with Crippen LogP contribution in [0.5, 0.6) is 0 Å². The van der Waals surface area contributed by atoms with E-state index in [1.54, 1.807) is 13.0 Å². The molecule has 0 aliphatic carbocycles. The summed E-state index contributed by atoms with van der Waals surface area (Å²) in [7, 11) is -4.04. The van der Waals surface area contributed by atoms with E-state index in [2.05, 4.69) is 5.32 Å². The first-order valence-electron chi connectivity index (χ1n) is 10.6. The first-order valence-corrected chi connectivity index (χ1v) is 12.1. The van der Waals surface area contributed by atoms with Gasteiger partial charge in [-0.2, -0.15) is 0 Å². The molecule has 1 aliphatic heterocycles. The molecule has 1 aliphatic rings. The molecule has 3 amide bonds. The lowest BCUT2D eigenvalue weighted by Gasteiger charge is -2.29. The quantitative estimate of drug-likeness (QED) is 0.599. The zero-order chi connectivity index (χ0) is 24.2. The van der Waals surface area contributed by atoms with Crippen LogP contribution in [0.1, 0.15) is 42.6 Å². The summed E-state index contributed by atoms with van der Waals surface area (Å²) >= 11 is 0. The summed E-state index contributed by atoms with van der Waals surface area (Å²) in [6, 6.07) is 10.6. The summed E-state index contributed by atoms with van der Waals surface area (Å²) in [5.41, 5.74) is 0.678. The molecule has 1 atom stereocenters. The molecule has 0 radical (unpaired) electrons. The zero-order valence-electron chi connectivity index (χ0n) is 18.5. The Morgan fingerprint density at radius 1 is 1.12 bits per heavy atom. The van der Waals surface area contributed by atoms with Crippen molar-refractivity contribution in [3.8, 4) is 0 Å². The second-order valence-corrected chi connectivity index (χ2v) is 9.57. The van der Waals surface area contributed by atoms with E-state index in [-0.39, 0.29) is 35.9 Å². The molecule has 0 fully saturated rings. The fraction of sp³-hybridized carbons (Fsp3) is 0.348. The molecule has 0 saturated heterocycles. The second kappa shape index (κ2) is 10.1. The van der Waals surface area contributed by atoms with Gasteiger partial charge in [0.05, 0.1) is 5.56 Å². The van der Waals surface area contributed by atoms with Gasteiger partial charge < -0.3 is 10.2 Å². The van der Waals surface area contributed by atoms with Crippen molar-refractivity contribution in [2.75, 3.05) is 13.1 Å². The van der Waals surface area contributed by atoms with Crippen molar-refractivity contribution in [1.29, 1.82) is 0 Å². The Hall–Kier alpha value is -3.27. The van der Waals surface area contributed by atoms with E-state index in [4.69, 9.17) is 0 Å². The molecular formula is C23H26FN3O5S. The molecule has 2 aromatic carbocycles. The molecule has 3 rings (SSSR count). The minimum atomic E-state index is -4.04. The minimum absolute atomic E-state index is 0.0285. The van der Waals surface area contributed by atoms with Crippen molar-refractivity contribution in [3.05, 3.63) is 65.5 Å². The fourth-order valence-electron chi connectivity index (χ4n) is 3.56. The van der Waals surface area contributed by atoms with Crippen LogP contribution < -0.4 is 5.32 Å². The highest BCUT2D eigenvalue weighted by molar-refractivity contribution is 7.90. The number of fused-ring (bicyclic) bond motifs is 1. The Bertz CT molecular complexity index is 1150. The molecule has 10 heteroatoms. The average Bonchev–Trinajstić information content (AvgIpc) is 3.00. The van der Waals surface area contributed by atoms with Gasteiger partial charge in [0.1, 0.15) is 16.8 Å². The molecule has 0 spiro atoms. The van der Waals surface area contributed by atoms with Crippen LogP contribution in [0.25, 0.3) is 0 Å². The minimum Gasteiger partial charge on any atom is -0.354 e. The summed E-state index contributed by atoms with van der Waals surface area (Å²) in [6.45, 7) is 3.59. The van der Waals surface area contributed by atoms with Gasteiger partial charge in [-0.15, -0.1) is 0 Å². The molecule has 0 bridgehead atoms. The van der Waals surface area contributed by atoms with Gasteiger partial charge in [0, 0.05) is 26.1 Å². The molecule has 1 heterocycles. The maximum Gasteiger partial charge on any atom is 0.269 e. The number of carbonyl (C=O) groups excluding carboxylic acids is 3. The molecule has 0 saturated carbocycles. The van der Waals surface area contributed by atoms with Gasteiger partial charge in [0.2, 0.25) is 11.8 Å². The smallest absolute Gasteiger partial charge is 0.269 e. The highest BCUT2D eigenvalue weighted by Crippen LogP contribution is 2.30. The van der Waals surface area contributed by atoms with Crippen molar-refractivity contribution in [3.63, 3.8) is 0 Å². The third-order valence-corrected chi connectivity index (χ3v) is 7.26. The molecule has 0 aromatic heterocycles. The summed E-state index contributed by atoms with van der Waals surface area (Å²) < 4.78 is 39.5. The van der Waals surface area contributed by atoms with Crippen molar-refractivity contribution in [2.24, 2.45) is 0 Å². The first-order chi connectivity index (χ1) is 15.7. The van der Waals surface area contributed by atoms with Crippen LogP contribution in [0.3, 0.4) is 0 Å². The first kappa shape index (κ1) is 24.4. The van der Waals surface area contributed by atoms with Crippen LogP contribution in [-0.2, 0) is 26.2 Å². The van der Waals surface area contributed by atoms with E-state index in [1.165, 1.54) is 47.4 Å². The molecule has 33 heavy (non-hydrogen) atoms. The van der Waals surface area contributed by atoms with Crippen LogP contribution in [0.4, 0.5) is 4.39 Å². The average molecular weight is 476 g/mol. The number of amides is 3. The maximum atomic E-state index is 13.3. The number of rotatable bonds is 9. The number of hydrogen-bond donors (Lipinski definition) is 1. The Morgan fingerprint density at radius 2 is 1.79 bits per heavy atom. The van der Waals surface area contributed by atoms with Crippen LogP contribution in [0.2, 0.25) is 0 Å². The fourth-order valence-corrected chi connectivity index (χ4v) is 5.13. The molecule has 176 valence electrons. The van der Waals surface area contributed by atoms with Gasteiger partial charge in [-0.25, -0.2) is 17.1 Å². The lowest BCUT2D eigenvalue weighted by atomic mass is 10.1. The topological polar surface area (TPSA) is 104 Å². The van der Waals surface area contributed by atoms with Crippen LogP contribution in [0.15, 0.2) is 53.4 Å². The van der Waals surface area contributed by atoms with E-state index in [1.807, 2.05) is 6.92 Å². The third kappa shape index (κ3) is 5.22. The normalized spacial score (nSPS) is 15.1. The highest BCUT2D eigenvalue weighted by Gasteiger charge is 2.41. The van der Waals surface area contributed by atoms with E-state index < -0.39 is 33.7 Å². The van der Waals surface area contributed by atoms with Crippen LogP contribution in [0, 0.1) is 5.82 Å². The molecule has 0 unspecified atom stereocenters. The number of nitrogens with one attached hydrogen (secondary N) is 1. The monoisotopic (exact) mass is 475 g/mol. The Labute approximate surface area is 192 Å². The second-order valence-electron chi connectivity index (χ2n) is 7.74. The Balaban J connectivity index is 1.77. The predicted octanol–water partition coefficient (Wildman–Crippen LogP) is 2.30. The van der Waals surface area contributed by atoms with Gasteiger partial charge in [-0.05, 0) is 43.2 Å². The predicted molar refractivity (Wildman–Crippen MR) is 119 cm³/mol. The van der Waals surface area contributed by atoms with Crippen molar-refractivity contribution >= 4 is 27.7 Å². The van der Waals surface area contributed by atoms with Gasteiger partial charge in [0.25, 0.3) is 15.9 Å². The zero-order valence-corrected chi connectivity index (χ0v) is 19.3. The Kier molecular flexibility index (Phi) is 7.47. The summed E-state index contributed by atoms with van der Waals surface area (Å²) in [6.07, 6.45) is 0.422. The largest absolute Gasteiger partial charge is 0.354 e. The summed E-state index contributed by atoms with van der Waals surface area (Å²) in [5, 5.41) is 2.74. The van der Waals surface area contributed by atoms with E-state index in [0.717, 1.165) is 6.42 Å². The van der Waals surface area contributed by atoms with Crippen molar-refractivity contribution in [1.82, 2.24) is 14.5 Å². The molecule has 2 aromatic rings. The SMILES string of the molecule is CCCNC(=O)[C@@H](C)N(Cc1ccc(F)cc1)C(=O)CCN1C(=O)c2ccccc2S1(=O)=O. The van der Waals surface area contributed by atoms with E-state index in [9.17, 15) is 27.2 Å². The lowest BCUT2D eigenvalue weighted by molar-refractivity contribution is -0.140. The third-order valence-electron chi connectivity index (χ3n) is 5.42. The number of benzene rings is 2. The van der Waals surface area contributed by atoms with E-state index in [0.29, 0.717) is 16.4 Å². The Morgan fingerprint density at radius 3 is 2.42 bits per heavy atom. The van der Waals surface area contributed by atoms with Gasteiger partial charge in [-0.1, -0.05) is 31.2 Å². The van der Waals surface area contributed by atoms with Crippen LogP contribution in [-0.4, -0.2) is 54.5 Å². The summed E-state index contributed by atoms with van der Waals surface area (Å²) in [4.78, 5) is 39.5. The van der Waals surface area contributed by atoms with Gasteiger partial charge >= 0.3 is 0 Å². The standard InChI is InChI=1S/C23H26FN3O5S/c1-3-13-25-22(29)16(2)26(15-17-8-10-18(24)11-9-17)21(28)12-14-27-23(30)19-6-4-5-7-20(19)33(27,31)32/h4-11,16H,3,12-15H2,1-2H3,(H,25,29)/t16-/m1/s1. The number of halogens is 1. The maximum absolute atomic E-state index is 13.3. The number of nitrogens with zero attached hydrogens (tertiary/aromatic N) is 2. The van der Waals surface area contributed by atoms with Gasteiger partial charge in [-0.3, -0.25) is 14.4 Å².